The minimum atomic E-state index is -0.118. The molecule has 0 bridgehead atoms. The molecule has 6 aromatic carbocycles. The number of aryl methyl sites for hydroxylation is 2. The van der Waals surface area contributed by atoms with Crippen molar-refractivity contribution >= 4 is 17.1 Å². The molecule has 1 aliphatic rings. The van der Waals surface area contributed by atoms with Crippen molar-refractivity contribution in [2.24, 2.45) is 0 Å². The van der Waals surface area contributed by atoms with Crippen LogP contribution in [-0.2, 0) is 5.41 Å². The zero-order valence-electron chi connectivity index (χ0n) is 24.7. The molecule has 7 rings (SSSR count). The lowest BCUT2D eigenvalue weighted by molar-refractivity contribution is 0.660. The summed E-state index contributed by atoms with van der Waals surface area (Å²) < 4.78 is 0. The second-order valence-electron chi connectivity index (χ2n) is 12.0. The minimum Gasteiger partial charge on any atom is -0.310 e. The summed E-state index contributed by atoms with van der Waals surface area (Å²) in [6.45, 7) is 9.02. The van der Waals surface area contributed by atoms with Crippen molar-refractivity contribution in [1.82, 2.24) is 0 Å². The van der Waals surface area contributed by atoms with Crippen LogP contribution in [0.2, 0.25) is 0 Å². The quantitative estimate of drug-likeness (QED) is 0.210. The lowest BCUT2D eigenvalue weighted by Crippen LogP contribution is -2.17. The highest BCUT2D eigenvalue weighted by atomic mass is 15.1. The van der Waals surface area contributed by atoms with Gasteiger partial charge in [0.15, 0.2) is 0 Å². The van der Waals surface area contributed by atoms with E-state index in [1.54, 1.807) is 0 Å². The predicted octanol–water partition coefficient (Wildman–Crippen LogP) is 11.4. The van der Waals surface area contributed by atoms with Crippen LogP contribution in [0.15, 0.2) is 140 Å². The largest absolute Gasteiger partial charge is 0.310 e. The van der Waals surface area contributed by atoms with E-state index in [4.69, 9.17) is 0 Å². The van der Waals surface area contributed by atoms with Crippen molar-refractivity contribution in [2.75, 3.05) is 4.90 Å². The van der Waals surface area contributed by atoms with Gasteiger partial charge in [-0.15, -0.1) is 0 Å². The molecule has 0 N–H and O–H groups in total. The van der Waals surface area contributed by atoms with Crippen molar-refractivity contribution in [2.45, 2.75) is 33.1 Å². The Labute approximate surface area is 249 Å². The van der Waals surface area contributed by atoms with Gasteiger partial charge in [-0.25, -0.2) is 0 Å². The van der Waals surface area contributed by atoms with Gasteiger partial charge in [0.1, 0.15) is 0 Å². The molecular weight excluding hydrogens is 506 g/mol. The Morgan fingerprint density at radius 1 is 0.429 bits per heavy atom. The molecule has 0 saturated carbocycles. The summed E-state index contributed by atoms with van der Waals surface area (Å²) in [5, 5.41) is 0. The predicted molar refractivity (Wildman–Crippen MR) is 179 cm³/mol. The van der Waals surface area contributed by atoms with Crippen LogP contribution in [0.3, 0.4) is 0 Å². The first-order valence-electron chi connectivity index (χ1n) is 14.8. The van der Waals surface area contributed by atoms with Crippen molar-refractivity contribution in [3.05, 3.63) is 162 Å². The Balaban J connectivity index is 1.47. The maximum absolute atomic E-state index is 2.43. The highest BCUT2D eigenvalue weighted by Crippen LogP contribution is 2.54. The minimum absolute atomic E-state index is 0.118. The first kappa shape index (κ1) is 26.0. The van der Waals surface area contributed by atoms with Crippen molar-refractivity contribution < 1.29 is 0 Å². The Bertz CT molecular complexity index is 1830. The molecule has 1 nitrogen and oxygen atoms in total. The number of benzene rings is 6. The van der Waals surface area contributed by atoms with Gasteiger partial charge in [-0.1, -0.05) is 128 Å². The number of anilines is 3. The lowest BCUT2D eigenvalue weighted by Gasteiger charge is -2.29. The summed E-state index contributed by atoms with van der Waals surface area (Å²) >= 11 is 0. The Morgan fingerprint density at radius 3 is 1.57 bits per heavy atom. The second kappa shape index (κ2) is 10.2. The maximum atomic E-state index is 2.43. The van der Waals surface area contributed by atoms with E-state index in [1.165, 1.54) is 61.3 Å². The monoisotopic (exact) mass is 541 g/mol. The molecule has 204 valence electrons. The smallest absolute Gasteiger partial charge is 0.0471 e. The zero-order chi connectivity index (χ0) is 28.8. The topological polar surface area (TPSA) is 3.24 Å². The van der Waals surface area contributed by atoms with Gasteiger partial charge in [-0.2, -0.15) is 0 Å². The molecule has 42 heavy (non-hydrogen) atoms. The normalized spacial score (nSPS) is 13.0. The fourth-order valence-corrected chi connectivity index (χ4v) is 6.47. The van der Waals surface area contributed by atoms with E-state index in [9.17, 15) is 0 Å². The molecule has 0 heterocycles. The molecule has 0 spiro atoms. The molecule has 0 unspecified atom stereocenters. The molecule has 0 fully saturated rings. The number of rotatable bonds is 5. The van der Waals surface area contributed by atoms with Crippen LogP contribution in [0.4, 0.5) is 17.1 Å². The highest BCUT2D eigenvalue weighted by molar-refractivity contribution is 5.96. The molecule has 1 heteroatoms. The molecular formula is C41H35N. The van der Waals surface area contributed by atoms with Gasteiger partial charge in [0, 0.05) is 22.5 Å². The average molecular weight is 542 g/mol. The highest BCUT2D eigenvalue weighted by Gasteiger charge is 2.37. The van der Waals surface area contributed by atoms with Crippen molar-refractivity contribution in [3.63, 3.8) is 0 Å². The van der Waals surface area contributed by atoms with Crippen LogP contribution in [0.5, 0.6) is 0 Å². The summed E-state index contributed by atoms with van der Waals surface area (Å²) in [5.41, 5.74) is 16.3. The Hall–Kier alpha value is -4.88. The fraction of sp³-hybridized carbons (Fsp3) is 0.122. The maximum Gasteiger partial charge on any atom is 0.0471 e. The van der Waals surface area contributed by atoms with Gasteiger partial charge in [0.25, 0.3) is 0 Å². The molecule has 0 atom stereocenters. The van der Waals surface area contributed by atoms with Gasteiger partial charge in [0.2, 0.25) is 0 Å². The third-order valence-electron chi connectivity index (χ3n) is 8.81. The molecule has 0 amide bonds. The third-order valence-corrected chi connectivity index (χ3v) is 8.81. The van der Waals surface area contributed by atoms with Crippen LogP contribution in [-0.4, -0.2) is 0 Å². The summed E-state index contributed by atoms with van der Waals surface area (Å²) in [7, 11) is 0. The van der Waals surface area contributed by atoms with E-state index < -0.39 is 0 Å². The van der Waals surface area contributed by atoms with E-state index in [0.29, 0.717) is 0 Å². The van der Waals surface area contributed by atoms with E-state index in [1.807, 2.05) is 0 Å². The van der Waals surface area contributed by atoms with Crippen molar-refractivity contribution in [3.8, 4) is 33.4 Å². The zero-order valence-corrected chi connectivity index (χ0v) is 24.7. The standard InChI is InChI=1S/C41H35N/c1-28-14-22-33(23-15-28)42(34-24-16-29(2)17-25-34)35-26-37(32-20-18-31(19-21-32)30-10-6-5-7-11-30)40-36-12-8-9-13-38(36)41(3,4)39(40)27-35/h5-27H,1-4H3. The van der Waals surface area contributed by atoms with Gasteiger partial charge >= 0.3 is 0 Å². The molecule has 0 saturated heterocycles. The van der Waals surface area contributed by atoms with E-state index in [0.717, 1.165) is 11.4 Å². The van der Waals surface area contributed by atoms with Crippen LogP contribution < -0.4 is 4.90 Å². The Morgan fingerprint density at radius 2 is 0.952 bits per heavy atom. The van der Waals surface area contributed by atoms with Crippen LogP contribution >= 0.6 is 0 Å². The van der Waals surface area contributed by atoms with Crippen molar-refractivity contribution in [1.29, 1.82) is 0 Å². The number of hydrogen-bond donors (Lipinski definition) is 0. The summed E-state index contributed by atoms with van der Waals surface area (Å²) in [6.07, 6.45) is 0. The van der Waals surface area contributed by atoms with Gasteiger partial charge in [-0.3, -0.25) is 0 Å². The summed E-state index contributed by atoms with van der Waals surface area (Å²) in [6, 6.07) is 51.2. The number of fused-ring (bicyclic) bond motifs is 3. The van der Waals surface area contributed by atoms with Crippen LogP contribution in [0, 0.1) is 13.8 Å². The summed E-state index contributed by atoms with van der Waals surface area (Å²) in [4.78, 5) is 2.40. The third kappa shape index (κ3) is 4.43. The average Bonchev–Trinajstić information content (AvgIpc) is 3.26. The Kier molecular flexibility index (Phi) is 6.32. The van der Waals surface area contributed by atoms with Gasteiger partial charge in [-0.05, 0) is 94.8 Å². The SMILES string of the molecule is Cc1ccc(N(c2ccc(C)cc2)c2cc(-c3ccc(-c4ccccc4)cc3)c3c(c2)C(C)(C)c2ccccc2-3)cc1. The lowest BCUT2D eigenvalue weighted by atomic mass is 9.81. The molecule has 1 aliphatic carbocycles. The van der Waals surface area contributed by atoms with Crippen LogP contribution in [0.25, 0.3) is 33.4 Å². The first-order valence-corrected chi connectivity index (χ1v) is 14.8. The molecule has 0 aromatic heterocycles. The van der Waals surface area contributed by atoms with Crippen LogP contribution in [0.1, 0.15) is 36.1 Å². The molecule has 0 radical (unpaired) electrons. The fourth-order valence-electron chi connectivity index (χ4n) is 6.47. The first-order chi connectivity index (χ1) is 20.4. The van der Waals surface area contributed by atoms with E-state index in [-0.39, 0.29) is 5.41 Å². The number of nitrogens with zero attached hydrogens (tertiary/aromatic N) is 1. The van der Waals surface area contributed by atoms with Gasteiger partial charge < -0.3 is 4.90 Å². The van der Waals surface area contributed by atoms with Gasteiger partial charge in [0.05, 0.1) is 0 Å². The molecule has 6 aromatic rings. The molecule has 0 aliphatic heterocycles. The second-order valence-corrected chi connectivity index (χ2v) is 12.0. The van der Waals surface area contributed by atoms with E-state index >= 15 is 0 Å². The number of hydrogen-bond acceptors (Lipinski definition) is 1. The van der Waals surface area contributed by atoms with E-state index in [2.05, 4.69) is 172 Å². The summed E-state index contributed by atoms with van der Waals surface area (Å²) in [5.74, 6) is 0.